The normalized spacial score (nSPS) is 11.8. The van der Waals surface area contributed by atoms with Crippen LogP contribution < -0.4 is 16.0 Å². The number of urea groups is 1. The van der Waals surface area contributed by atoms with Crippen molar-refractivity contribution in [3.63, 3.8) is 0 Å². The minimum Gasteiger partial charge on any atom is -0.350 e. The summed E-state index contributed by atoms with van der Waals surface area (Å²) in [6.45, 7) is 7.70. The molecule has 0 spiro atoms. The van der Waals surface area contributed by atoms with Crippen LogP contribution >= 0.6 is 0 Å². The number of hydrogen-bond acceptors (Lipinski definition) is 2. The lowest BCUT2D eigenvalue weighted by molar-refractivity contribution is 0.0940. The molecule has 0 bridgehead atoms. The summed E-state index contributed by atoms with van der Waals surface area (Å²) in [5, 5.41) is 8.32. The van der Waals surface area contributed by atoms with E-state index in [-0.39, 0.29) is 24.0 Å². The van der Waals surface area contributed by atoms with Gasteiger partial charge >= 0.3 is 6.03 Å². The molecule has 0 aliphatic rings. The van der Waals surface area contributed by atoms with Gasteiger partial charge < -0.3 is 16.0 Å². The number of para-hydroxylation sites is 1. The molecular formula is C15H23N3O2. The molecule has 1 rings (SSSR count). The molecule has 0 aliphatic heterocycles. The fourth-order valence-corrected chi connectivity index (χ4v) is 1.61. The van der Waals surface area contributed by atoms with E-state index in [0.717, 1.165) is 6.42 Å². The van der Waals surface area contributed by atoms with E-state index in [2.05, 4.69) is 16.0 Å². The summed E-state index contributed by atoms with van der Waals surface area (Å²) in [5.74, 6) is -0.181. The van der Waals surface area contributed by atoms with Crippen molar-refractivity contribution in [2.45, 2.75) is 46.2 Å². The topological polar surface area (TPSA) is 70.2 Å². The van der Waals surface area contributed by atoms with Gasteiger partial charge in [-0.25, -0.2) is 4.79 Å². The summed E-state index contributed by atoms with van der Waals surface area (Å²) in [7, 11) is 0. The minimum absolute atomic E-state index is 0.0381. The van der Waals surface area contributed by atoms with Crippen molar-refractivity contribution in [2.24, 2.45) is 0 Å². The zero-order valence-corrected chi connectivity index (χ0v) is 12.5. The minimum atomic E-state index is -0.316. The zero-order chi connectivity index (χ0) is 15.1. The van der Waals surface area contributed by atoms with Crippen molar-refractivity contribution in [3.8, 4) is 0 Å². The van der Waals surface area contributed by atoms with Crippen molar-refractivity contribution in [3.05, 3.63) is 29.8 Å². The first-order chi connectivity index (χ1) is 9.43. The largest absolute Gasteiger partial charge is 0.350 e. The lowest BCUT2D eigenvalue weighted by Gasteiger charge is -2.15. The second-order valence-corrected chi connectivity index (χ2v) is 5.08. The Bertz CT molecular complexity index is 472. The molecule has 1 aromatic carbocycles. The third-order valence-electron chi connectivity index (χ3n) is 2.83. The van der Waals surface area contributed by atoms with Crippen LogP contribution in [0.4, 0.5) is 10.5 Å². The molecule has 5 nitrogen and oxygen atoms in total. The van der Waals surface area contributed by atoms with Gasteiger partial charge in [0.15, 0.2) is 0 Å². The first-order valence-electron chi connectivity index (χ1n) is 6.91. The summed E-state index contributed by atoms with van der Waals surface area (Å²) in [4.78, 5) is 23.9. The number of rotatable bonds is 5. The number of anilines is 1. The molecule has 0 saturated heterocycles. The summed E-state index contributed by atoms with van der Waals surface area (Å²) in [5.41, 5.74) is 0.971. The highest BCUT2D eigenvalue weighted by Crippen LogP contribution is 2.15. The van der Waals surface area contributed by atoms with E-state index in [0.29, 0.717) is 11.3 Å². The van der Waals surface area contributed by atoms with E-state index in [1.54, 1.807) is 24.3 Å². The number of carbonyl (C=O) groups is 2. The van der Waals surface area contributed by atoms with Crippen LogP contribution in [-0.2, 0) is 0 Å². The molecule has 0 saturated carbocycles. The lowest BCUT2D eigenvalue weighted by atomic mass is 10.1. The Morgan fingerprint density at radius 1 is 1.10 bits per heavy atom. The second kappa shape index (κ2) is 7.53. The van der Waals surface area contributed by atoms with Gasteiger partial charge in [-0.15, -0.1) is 0 Å². The molecule has 3 N–H and O–H groups in total. The second-order valence-electron chi connectivity index (χ2n) is 5.08. The number of carbonyl (C=O) groups excluding carboxylic acids is 2. The standard InChI is InChI=1S/C15H23N3O2/c1-5-11(4)17-14(19)12-8-6-7-9-13(12)18-15(20)16-10(2)3/h6-11H,5H2,1-4H3,(H,17,19)(H2,16,18,20). The summed E-state index contributed by atoms with van der Waals surface area (Å²) in [6, 6.07) is 6.79. The molecule has 0 radical (unpaired) electrons. The Balaban J connectivity index is 2.82. The Morgan fingerprint density at radius 2 is 1.75 bits per heavy atom. The van der Waals surface area contributed by atoms with Gasteiger partial charge in [0, 0.05) is 12.1 Å². The van der Waals surface area contributed by atoms with E-state index in [1.807, 2.05) is 27.7 Å². The third-order valence-corrected chi connectivity index (χ3v) is 2.83. The molecular weight excluding hydrogens is 254 g/mol. The van der Waals surface area contributed by atoms with Crippen molar-refractivity contribution >= 4 is 17.6 Å². The lowest BCUT2D eigenvalue weighted by Crippen LogP contribution is -2.36. The molecule has 1 unspecified atom stereocenters. The van der Waals surface area contributed by atoms with Crippen LogP contribution in [0.25, 0.3) is 0 Å². The van der Waals surface area contributed by atoms with E-state index < -0.39 is 0 Å². The van der Waals surface area contributed by atoms with Gasteiger partial charge in [0.2, 0.25) is 0 Å². The maximum absolute atomic E-state index is 12.2. The van der Waals surface area contributed by atoms with Crippen LogP contribution in [0.1, 0.15) is 44.5 Å². The molecule has 5 heteroatoms. The van der Waals surface area contributed by atoms with Gasteiger partial charge in [-0.1, -0.05) is 19.1 Å². The summed E-state index contributed by atoms with van der Waals surface area (Å²) < 4.78 is 0. The zero-order valence-electron chi connectivity index (χ0n) is 12.5. The molecule has 0 aromatic heterocycles. The maximum Gasteiger partial charge on any atom is 0.319 e. The fraction of sp³-hybridized carbons (Fsp3) is 0.467. The monoisotopic (exact) mass is 277 g/mol. The predicted octanol–water partition coefficient (Wildman–Crippen LogP) is 2.74. The van der Waals surface area contributed by atoms with Crippen LogP contribution in [0.3, 0.4) is 0 Å². The van der Waals surface area contributed by atoms with Crippen LogP contribution in [0.5, 0.6) is 0 Å². The SMILES string of the molecule is CCC(C)NC(=O)c1ccccc1NC(=O)NC(C)C. The molecule has 3 amide bonds. The smallest absolute Gasteiger partial charge is 0.319 e. The van der Waals surface area contributed by atoms with Crippen LogP contribution in [-0.4, -0.2) is 24.0 Å². The first-order valence-corrected chi connectivity index (χ1v) is 6.91. The van der Waals surface area contributed by atoms with Crippen LogP contribution in [0, 0.1) is 0 Å². The Morgan fingerprint density at radius 3 is 2.35 bits per heavy atom. The molecule has 1 aromatic rings. The van der Waals surface area contributed by atoms with Crippen LogP contribution in [0.2, 0.25) is 0 Å². The quantitative estimate of drug-likeness (QED) is 0.774. The molecule has 20 heavy (non-hydrogen) atoms. The highest BCUT2D eigenvalue weighted by Gasteiger charge is 2.14. The summed E-state index contributed by atoms with van der Waals surface area (Å²) in [6.07, 6.45) is 0.856. The molecule has 0 heterocycles. The molecule has 0 aliphatic carbocycles. The van der Waals surface area contributed by atoms with Gasteiger partial charge in [-0.05, 0) is 39.3 Å². The molecule has 0 fully saturated rings. The fourth-order valence-electron chi connectivity index (χ4n) is 1.61. The van der Waals surface area contributed by atoms with Crippen molar-refractivity contribution in [2.75, 3.05) is 5.32 Å². The number of hydrogen-bond donors (Lipinski definition) is 3. The Hall–Kier alpha value is -2.04. The average Bonchev–Trinajstić information content (AvgIpc) is 2.37. The number of nitrogens with one attached hydrogen (secondary N) is 3. The molecule has 110 valence electrons. The predicted molar refractivity (Wildman–Crippen MR) is 81.0 cm³/mol. The van der Waals surface area contributed by atoms with Gasteiger partial charge in [0.25, 0.3) is 5.91 Å². The van der Waals surface area contributed by atoms with E-state index >= 15 is 0 Å². The van der Waals surface area contributed by atoms with Crippen molar-refractivity contribution < 1.29 is 9.59 Å². The van der Waals surface area contributed by atoms with Crippen molar-refractivity contribution in [1.29, 1.82) is 0 Å². The van der Waals surface area contributed by atoms with E-state index in [1.165, 1.54) is 0 Å². The van der Waals surface area contributed by atoms with Gasteiger partial charge in [0.05, 0.1) is 11.3 Å². The van der Waals surface area contributed by atoms with Gasteiger partial charge in [-0.2, -0.15) is 0 Å². The number of benzene rings is 1. The van der Waals surface area contributed by atoms with Gasteiger partial charge in [-0.3, -0.25) is 4.79 Å². The molecule has 1 atom stereocenters. The highest BCUT2D eigenvalue weighted by atomic mass is 16.2. The summed E-state index contributed by atoms with van der Waals surface area (Å²) >= 11 is 0. The van der Waals surface area contributed by atoms with Crippen LogP contribution in [0.15, 0.2) is 24.3 Å². The Kier molecular flexibility index (Phi) is 6.03. The van der Waals surface area contributed by atoms with Crippen molar-refractivity contribution in [1.82, 2.24) is 10.6 Å². The first kappa shape index (κ1) is 16.0. The van der Waals surface area contributed by atoms with Gasteiger partial charge in [0.1, 0.15) is 0 Å². The highest BCUT2D eigenvalue weighted by molar-refractivity contribution is 6.03. The number of amides is 3. The van der Waals surface area contributed by atoms with E-state index in [9.17, 15) is 9.59 Å². The maximum atomic E-state index is 12.2. The average molecular weight is 277 g/mol. The third kappa shape index (κ3) is 4.91. The van der Waals surface area contributed by atoms with E-state index in [4.69, 9.17) is 0 Å². The Labute approximate surface area is 120 Å².